The molecule has 0 aromatic heterocycles. The summed E-state index contributed by atoms with van der Waals surface area (Å²) in [5.41, 5.74) is 0. The van der Waals surface area contributed by atoms with Gasteiger partial charge in [-0.3, -0.25) is 9.59 Å². The number of piperidine rings is 1. The van der Waals surface area contributed by atoms with E-state index >= 15 is 0 Å². The van der Waals surface area contributed by atoms with Crippen LogP contribution in [-0.4, -0.2) is 66.0 Å². The van der Waals surface area contributed by atoms with E-state index in [0.29, 0.717) is 32.7 Å². The van der Waals surface area contributed by atoms with E-state index in [1.54, 1.807) is 18.7 Å². The number of hydrogen-bond acceptors (Lipinski definition) is 4. The zero-order valence-electron chi connectivity index (χ0n) is 16.9. The Morgan fingerprint density at radius 3 is 2.22 bits per heavy atom. The van der Waals surface area contributed by atoms with Gasteiger partial charge in [-0.1, -0.05) is 25.7 Å². The van der Waals surface area contributed by atoms with E-state index in [-0.39, 0.29) is 30.0 Å². The van der Waals surface area contributed by atoms with Crippen molar-refractivity contribution in [3.63, 3.8) is 0 Å². The molecule has 1 saturated heterocycles. The van der Waals surface area contributed by atoms with E-state index in [1.807, 2.05) is 4.90 Å². The van der Waals surface area contributed by atoms with Gasteiger partial charge in [0.2, 0.25) is 11.8 Å². The van der Waals surface area contributed by atoms with Crippen molar-refractivity contribution in [2.45, 2.75) is 83.7 Å². The van der Waals surface area contributed by atoms with Crippen molar-refractivity contribution in [2.75, 3.05) is 26.2 Å². The maximum absolute atomic E-state index is 12.4. The Morgan fingerprint density at radius 2 is 1.67 bits per heavy atom. The lowest BCUT2D eigenvalue weighted by Gasteiger charge is -2.32. The van der Waals surface area contributed by atoms with Gasteiger partial charge in [-0.2, -0.15) is 0 Å². The molecule has 0 radical (unpaired) electrons. The summed E-state index contributed by atoms with van der Waals surface area (Å²) < 4.78 is 5.01. The van der Waals surface area contributed by atoms with Crippen LogP contribution < -0.4 is 5.32 Å². The Kier molecular flexibility index (Phi) is 8.88. The van der Waals surface area contributed by atoms with E-state index in [9.17, 15) is 14.4 Å². The van der Waals surface area contributed by atoms with Crippen molar-refractivity contribution in [3.05, 3.63) is 0 Å². The first-order valence-corrected chi connectivity index (χ1v) is 10.5. The largest absolute Gasteiger partial charge is 0.450 e. The second-order valence-corrected chi connectivity index (χ2v) is 7.64. The van der Waals surface area contributed by atoms with Crippen LogP contribution in [-0.2, 0) is 14.3 Å². The Balaban J connectivity index is 1.73. The molecular formula is C20H35N3O4. The third-order valence-corrected chi connectivity index (χ3v) is 5.64. The van der Waals surface area contributed by atoms with Gasteiger partial charge in [0.1, 0.15) is 0 Å². The van der Waals surface area contributed by atoms with Crippen molar-refractivity contribution in [3.8, 4) is 0 Å². The zero-order chi connectivity index (χ0) is 19.6. The van der Waals surface area contributed by atoms with Gasteiger partial charge in [0, 0.05) is 45.1 Å². The molecule has 0 atom stereocenters. The molecule has 1 saturated carbocycles. The smallest absolute Gasteiger partial charge is 0.409 e. The fourth-order valence-corrected chi connectivity index (χ4v) is 4.11. The van der Waals surface area contributed by atoms with Gasteiger partial charge in [0.05, 0.1) is 6.61 Å². The van der Waals surface area contributed by atoms with Gasteiger partial charge < -0.3 is 19.9 Å². The maximum atomic E-state index is 12.4. The van der Waals surface area contributed by atoms with Gasteiger partial charge >= 0.3 is 6.09 Å². The SMILES string of the molecule is CCOC(=O)N1CCC(NC(=O)CCN(C(C)=O)C2CCCCCC2)CC1. The van der Waals surface area contributed by atoms with E-state index in [2.05, 4.69) is 5.32 Å². The average Bonchev–Trinajstić information content (AvgIpc) is 2.92. The van der Waals surface area contributed by atoms with Crippen molar-refractivity contribution in [1.29, 1.82) is 0 Å². The van der Waals surface area contributed by atoms with Gasteiger partial charge in [0.25, 0.3) is 0 Å². The van der Waals surface area contributed by atoms with Gasteiger partial charge in [-0.05, 0) is 32.6 Å². The summed E-state index contributed by atoms with van der Waals surface area (Å²) in [7, 11) is 0. The molecule has 2 aliphatic rings. The first-order chi connectivity index (χ1) is 13.0. The molecule has 3 amide bonds. The van der Waals surface area contributed by atoms with Crippen molar-refractivity contribution < 1.29 is 19.1 Å². The highest BCUT2D eigenvalue weighted by Crippen LogP contribution is 2.22. The van der Waals surface area contributed by atoms with Crippen LogP contribution in [0.1, 0.15) is 71.6 Å². The number of likely N-dealkylation sites (tertiary alicyclic amines) is 1. The molecule has 1 aliphatic heterocycles. The summed E-state index contributed by atoms with van der Waals surface area (Å²) in [6.45, 7) is 5.48. The Labute approximate surface area is 162 Å². The molecule has 0 bridgehead atoms. The minimum absolute atomic E-state index is 0.00976. The van der Waals surface area contributed by atoms with Crippen molar-refractivity contribution in [1.82, 2.24) is 15.1 Å². The number of nitrogens with one attached hydrogen (secondary N) is 1. The van der Waals surface area contributed by atoms with E-state index < -0.39 is 0 Å². The molecule has 1 aliphatic carbocycles. The summed E-state index contributed by atoms with van der Waals surface area (Å²) in [5, 5.41) is 3.06. The fourth-order valence-electron chi connectivity index (χ4n) is 4.11. The van der Waals surface area contributed by atoms with Gasteiger partial charge in [-0.15, -0.1) is 0 Å². The molecule has 7 nitrogen and oxygen atoms in total. The lowest BCUT2D eigenvalue weighted by molar-refractivity contribution is -0.132. The summed E-state index contributed by atoms with van der Waals surface area (Å²) in [5.74, 6) is 0.0573. The maximum Gasteiger partial charge on any atom is 0.409 e. The summed E-state index contributed by atoms with van der Waals surface area (Å²) in [6, 6.07) is 0.373. The third kappa shape index (κ3) is 7.03. The molecule has 27 heavy (non-hydrogen) atoms. The van der Waals surface area contributed by atoms with Crippen LogP contribution in [0.15, 0.2) is 0 Å². The molecule has 2 fully saturated rings. The number of amides is 3. The molecule has 1 heterocycles. The van der Waals surface area contributed by atoms with E-state index in [4.69, 9.17) is 4.74 Å². The number of carbonyl (C=O) groups is 3. The number of rotatable bonds is 6. The summed E-state index contributed by atoms with van der Waals surface area (Å²) >= 11 is 0. The van der Waals surface area contributed by atoms with Crippen LogP contribution in [0.2, 0.25) is 0 Å². The predicted molar refractivity (Wildman–Crippen MR) is 103 cm³/mol. The normalized spacial score (nSPS) is 19.3. The first kappa shape index (κ1) is 21.5. The number of hydrogen-bond donors (Lipinski definition) is 1. The molecule has 0 unspecified atom stereocenters. The monoisotopic (exact) mass is 381 g/mol. The number of ether oxygens (including phenoxy) is 1. The predicted octanol–water partition coefficient (Wildman–Crippen LogP) is 2.68. The highest BCUT2D eigenvalue weighted by Gasteiger charge is 2.26. The van der Waals surface area contributed by atoms with Gasteiger partial charge in [-0.25, -0.2) is 4.79 Å². The summed E-state index contributed by atoms with van der Waals surface area (Å²) in [4.78, 5) is 39.7. The highest BCUT2D eigenvalue weighted by molar-refractivity contribution is 5.78. The Morgan fingerprint density at radius 1 is 1.04 bits per heavy atom. The second kappa shape index (κ2) is 11.1. The molecule has 0 spiro atoms. The molecule has 7 heteroatoms. The topological polar surface area (TPSA) is 79.0 Å². The molecule has 2 rings (SSSR count). The molecule has 1 N–H and O–H groups in total. The van der Waals surface area contributed by atoms with E-state index in [0.717, 1.165) is 25.7 Å². The zero-order valence-corrected chi connectivity index (χ0v) is 16.9. The lowest BCUT2D eigenvalue weighted by Crippen LogP contribution is -2.47. The van der Waals surface area contributed by atoms with Crippen LogP contribution >= 0.6 is 0 Å². The summed E-state index contributed by atoms with van der Waals surface area (Å²) in [6.07, 6.45) is 8.46. The van der Waals surface area contributed by atoms with Gasteiger partial charge in [0.15, 0.2) is 0 Å². The Hall–Kier alpha value is -1.79. The lowest BCUT2D eigenvalue weighted by atomic mass is 10.0. The van der Waals surface area contributed by atoms with Crippen LogP contribution in [0.5, 0.6) is 0 Å². The molecular weight excluding hydrogens is 346 g/mol. The third-order valence-electron chi connectivity index (χ3n) is 5.64. The second-order valence-electron chi connectivity index (χ2n) is 7.64. The van der Waals surface area contributed by atoms with Crippen LogP contribution in [0, 0.1) is 0 Å². The fraction of sp³-hybridized carbons (Fsp3) is 0.850. The van der Waals surface area contributed by atoms with Crippen LogP contribution in [0.4, 0.5) is 4.79 Å². The first-order valence-electron chi connectivity index (χ1n) is 10.5. The van der Waals surface area contributed by atoms with Crippen molar-refractivity contribution >= 4 is 17.9 Å². The van der Waals surface area contributed by atoms with Crippen molar-refractivity contribution in [2.24, 2.45) is 0 Å². The minimum atomic E-state index is -0.275. The standard InChI is InChI=1S/C20H35N3O4/c1-3-27-20(26)22-13-10-17(11-14-22)21-19(25)12-15-23(16(2)24)18-8-6-4-5-7-9-18/h17-18H,3-15H2,1-2H3,(H,21,25). The highest BCUT2D eigenvalue weighted by atomic mass is 16.6. The van der Waals surface area contributed by atoms with Crippen LogP contribution in [0.25, 0.3) is 0 Å². The number of carbonyl (C=O) groups excluding carboxylic acids is 3. The minimum Gasteiger partial charge on any atom is -0.450 e. The Bertz CT molecular complexity index is 495. The van der Waals surface area contributed by atoms with Crippen LogP contribution in [0.3, 0.4) is 0 Å². The molecule has 0 aromatic carbocycles. The molecule has 154 valence electrons. The molecule has 0 aromatic rings. The average molecular weight is 382 g/mol. The quantitative estimate of drug-likeness (QED) is 0.718. The number of nitrogens with zero attached hydrogens (tertiary/aromatic N) is 2. The van der Waals surface area contributed by atoms with E-state index in [1.165, 1.54) is 25.7 Å².